The van der Waals surface area contributed by atoms with E-state index in [9.17, 15) is 4.79 Å². The molecule has 5 heteroatoms. The Morgan fingerprint density at radius 2 is 2.31 bits per heavy atom. The smallest absolute Gasteiger partial charge is 0.238 e. The van der Waals surface area contributed by atoms with E-state index in [4.69, 9.17) is 0 Å². The van der Waals surface area contributed by atoms with Crippen molar-refractivity contribution in [1.82, 2.24) is 15.5 Å². The summed E-state index contributed by atoms with van der Waals surface area (Å²) in [6.07, 6.45) is 1.17. The first kappa shape index (κ1) is 13.8. The SMILES string of the molecule is CCCN(CC)CCNC(=O)C1CSCN1. The van der Waals surface area contributed by atoms with E-state index >= 15 is 0 Å². The minimum atomic E-state index is 0.0197. The van der Waals surface area contributed by atoms with Gasteiger partial charge in [0.25, 0.3) is 0 Å². The van der Waals surface area contributed by atoms with E-state index in [1.54, 1.807) is 11.8 Å². The minimum absolute atomic E-state index is 0.0197. The highest BCUT2D eigenvalue weighted by atomic mass is 32.2. The van der Waals surface area contributed by atoms with Crippen LogP contribution in [-0.4, -0.2) is 54.7 Å². The number of hydrogen-bond acceptors (Lipinski definition) is 4. The highest BCUT2D eigenvalue weighted by Gasteiger charge is 2.21. The zero-order valence-electron chi connectivity index (χ0n) is 10.3. The minimum Gasteiger partial charge on any atom is -0.353 e. The number of carbonyl (C=O) groups excluding carboxylic acids is 1. The zero-order chi connectivity index (χ0) is 11.8. The molecule has 1 atom stereocenters. The Labute approximate surface area is 103 Å². The predicted octanol–water partition coefficient (Wildman–Crippen LogP) is 0.497. The molecule has 1 rings (SSSR count). The fourth-order valence-corrected chi connectivity index (χ4v) is 2.71. The number of nitrogens with one attached hydrogen (secondary N) is 2. The molecule has 1 unspecified atom stereocenters. The lowest BCUT2D eigenvalue weighted by Gasteiger charge is -2.20. The number of rotatable bonds is 7. The van der Waals surface area contributed by atoms with E-state index in [2.05, 4.69) is 29.4 Å². The molecule has 1 aliphatic heterocycles. The number of hydrogen-bond donors (Lipinski definition) is 2. The van der Waals surface area contributed by atoms with Gasteiger partial charge < -0.3 is 10.2 Å². The van der Waals surface area contributed by atoms with Gasteiger partial charge in [-0.15, -0.1) is 11.8 Å². The molecule has 4 nitrogen and oxygen atoms in total. The van der Waals surface area contributed by atoms with Gasteiger partial charge in [0, 0.05) is 24.7 Å². The Bertz CT molecular complexity index is 207. The van der Waals surface area contributed by atoms with Crippen LogP contribution in [0.25, 0.3) is 0 Å². The number of amides is 1. The Balaban J connectivity index is 2.11. The van der Waals surface area contributed by atoms with Crippen molar-refractivity contribution in [1.29, 1.82) is 0 Å². The van der Waals surface area contributed by atoms with Crippen LogP contribution in [0.3, 0.4) is 0 Å². The molecular formula is C11H23N3OS. The third kappa shape index (κ3) is 4.72. The fraction of sp³-hybridized carbons (Fsp3) is 0.909. The molecule has 0 aromatic heterocycles. The van der Waals surface area contributed by atoms with Crippen molar-refractivity contribution in [2.24, 2.45) is 0 Å². The Kier molecular flexibility index (Phi) is 6.84. The van der Waals surface area contributed by atoms with Gasteiger partial charge in [0.2, 0.25) is 5.91 Å². The molecule has 2 N–H and O–H groups in total. The van der Waals surface area contributed by atoms with Crippen LogP contribution in [0.4, 0.5) is 0 Å². The Morgan fingerprint density at radius 1 is 1.50 bits per heavy atom. The Hall–Kier alpha value is -0.260. The van der Waals surface area contributed by atoms with Crippen molar-refractivity contribution < 1.29 is 4.79 Å². The molecule has 0 aliphatic carbocycles. The van der Waals surface area contributed by atoms with Crippen LogP contribution in [0.1, 0.15) is 20.3 Å². The van der Waals surface area contributed by atoms with Crippen LogP contribution in [0.5, 0.6) is 0 Å². The largest absolute Gasteiger partial charge is 0.353 e. The van der Waals surface area contributed by atoms with Gasteiger partial charge in [0.15, 0.2) is 0 Å². The summed E-state index contributed by atoms with van der Waals surface area (Å²) in [5.74, 6) is 1.95. The van der Waals surface area contributed by atoms with Crippen molar-refractivity contribution in [2.45, 2.75) is 26.3 Å². The molecule has 1 amide bonds. The van der Waals surface area contributed by atoms with E-state index in [-0.39, 0.29) is 11.9 Å². The molecule has 0 saturated carbocycles. The van der Waals surface area contributed by atoms with E-state index in [0.717, 1.165) is 37.8 Å². The average molecular weight is 245 g/mol. The standard InChI is InChI=1S/C11H23N3OS/c1-3-6-14(4-2)7-5-12-11(15)10-8-16-9-13-10/h10,13H,3-9H2,1-2H3,(H,12,15). The normalized spacial score (nSPS) is 20.3. The lowest BCUT2D eigenvalue weighted by atomic mass is 10.3. The van der Waals surface area contributed by atoms with Gasteiger partial charge in [0.05, 0.1) is 6.04 Å². The maximum absolute atomic E-state index is 11.7. The van der Waals surface area contributed by atoms with Crippen LogP contribution < -0.4 is 10.6 Å². The van der Waals surface area contributed by atoms with E-state index in [1.165, 1.54) is 6.42 Å². The van der Waals surface area contributed by atoms with E-state index in [0.29, 0.717) is 0 Å². The lowest BCUT2D eigenvalue weighted by molar-refractivity contribution is -0.122. The second kappa shape index (κ2) is 7.92. The molecule has 1 heterocycles. The first-order valence-electron chi connectivity index (χ1n) is 6.09. The summed E-state index contributed by atoms with van der Waals surface area (Å²) < 4.78 is 0. The van der Waals surface area contributed by atoms with Gasteiger partial charge in [-0.25, -0.2) is 0 Å². The Morgan fingerprint density at radius 3 is 2.88 bits per heavy atom. The highest BCUT2D eigenvalue weighted by molar-refractivity contribution is 7.99. The molecule has 0 bridgehead atoms. The van der Waals surface area contributed by atoms with Crippen LogP contribution in [0.15, 0.2) is 0 Å². The number of likely N-dealkylation sites (N-methyl/N-ethyl adjacent to an activating group) is 1. The van der Waals surface area contributed by atoms with Crippen molar-refractivity contribution in [3.63, 3.8) is 0 Å². The van der Waals surface area contributed by atoms with E-state index in [1.807, 2.05) is 0 Å². The molecule has 0 spiro atoms. The summed E-state index contributed by atoms with van der Waals surface area (Å²) in [6, 6.07) is 0.0197. The van der Waals surface area contributed by atoms with Crippen LogP contribution in [-0.2, 0) is 4.79 Å². The van der Waals surface area contributed by atoms with Crippen molar-refractivity contribution in [3.8, 4) is 0 Å². The molecule has 16 heavy (non-hydrogen) atoms. The molecule has 1 aliphatic rings. The van der Waals surface area contributed by atoms with Crippen molar-refractivity contribution in [2.75, 3.05) is 37.8 Å². The molecule has 1 saturated heterocycles. The van der Waals surface area contributed by atoms with Gasteiger partial charge in [-0.3, -0.25) is 10.1 Å². The van der Waals surface area contributed by atoms with Crippen molar-refractivity contribution in [3.05, 3.63) is 0 Å². The third-order valence-electron chi connectivity index (χ3n) is 2.75. The van der Waals surface area contributed by atoms with Gasteiger partial charge in [-0.2, -0.15) is 0 Å². The van der Waals surface area contributed by atoms with Gasteiger partial charge >= 0.3 is 0 Å². The summed E-state index contributed by atoms with van der Waals surface area (Å²) in [6.45, 7) is 8.23. The maximum Gasteiger partial charge on any atom is 0.238 e. The number of thioether (sulfide) groups is 1. The van der Waals surface area contributed by atoms with E-state index < -0.39 is 0 Å². The van der Waals surface area contributed by atoms with Gasteiger partial charge in [0.1, 0.15) is 0 Å². The monoisotopic (exact) mass is 245 g/mol. The second-order valence-electron chi connectivity index (χ2n) is 4.00. The van der Waals surface area contributed by atoms with Crippen LogP contribution in [0.2, 0.25) is 0 Å². The molecule has 94 valence electrons. The summed E-state index contributed by atoms with van der Waals surface area (Å²) in [4.78, 5) is 14.0. The first-order valence-corrected chi connectivity index (χ1v) is 7.24. The number of carbonyl (C=O) groups is 1. The van der Waals surface area contributed by atoms with Crippen molar-refractivity contribution >= 4 is 17.7 Å². The van der Waals surface area contributed by atoms with Gasteiger partial charge in [-0.05, 0) is 19.5 Å². The van der Waals surface area contributed by atoms with Gasteiger partial charge in [-0.1, -0.05) is 13.8 Å². The highest BCUT2D eigenvalue weighted by Crippen LogP contribution is 2.08. The van der Waals surface area contributed by atoms with Crippen LogP contribution in [0, 0.1) is 0 Å². The number of nitrogens with zero attached hydrogens (tertiary/aromatic N) is 1. The lowest BCUT2D eigenvalue weighted by Crippen LogP contribution is -2.44. The fourth-order valence-electron chi connectivity index (χ4n) is 1.77. The summed E-state index contributed by atoms with van der Waals surface area (Å²) in [5.41, 5.74) is 0. The molecule has 0 aromatic rings. The maximum atomic E-state index is 11.7. The summed E-state index contributed by atoms with van der Waals surface area (Å²) in [7, 11) is 0. The molecule has 1 fully saturated rings. The quantitative estimate of drug-likeness (QED) is 0.685. The molecular weight excluding hydrogens is 222 g/mol. The third-order valence-corrected chi connectivity index (χ3v) is 3.69. The molecule has 0 radical (unpaired) electrons. The average Bonchev–Trinajstić information content (AvgIpc) is 2.81. The topological polar surface area (TPSA) is 44.4 Å². The summed E-state index contributed by atoms with van der Waals surface area (Å²) in [5, 5.41) is 6.16. The zero-order valence-corrected chi connectivity index (χ0v) is 11.1. The second-order valence-corrected chi connectivity index (χ2v) is 5.03. The first-order chi connectivity index (χ1) is 7.77. The summed E-state index contributed by atoms with van der Waals surface area (Å²) >= 11 is 1.78. The van der Waals surface area contributed by atoms with Crippen LogP contribution >= 0.6 is 11.8 Å². The predicted molar refractivity (Wildman–Crippen MR) is 69.7 cm³/mol. The molecule has 0 aromatic carbocycles.